The number of aliphatic hydroxyl groups excluding tert-OH is 1. The second-order valence-corrected chi connectivity index (χ2v) is 8.72. The fourth-order valence-electron chi connectivity index (χ4n) is 3.58. The number of benzene rings is 2. The van der Waals surface area contributed by atoms with Crippen molar-refractivity contribution in [3.8, 4) is 0 Å². The molecule has 1 saturated carbocycles. The van der Waals surface area contributed by atoms with Gasteiger partial charge in [-0.1, -0.05) is 63.2 Å². The van der Waals surface area contributed by atoms with Crippen molar-refractivity contribution in [2.75, 3.05) is 6.54 Å². The summed E-state index contributed by atoms with van der Waals surface area (Å²) in [4.78, 5) is 12.8. The van der Waals surface area contributed by atoms with Gasteiger partial charge in [0, 0.05) is 6.54 Å². The van der Waals surface area contributed by atoms with E-state index in [0.717, 1.165) is 17.2 Å². The molecule has 1 unspecified atom stereocenters. The fraction of sp³-hybridized carbons (Fsp3) is 0.435. The fourth-order valence-corrected chi connectivity index (χ4v) is 3.58. The topological polar surface area (TPSA) is 49.3 Å². The Morgan fingerprint density at radius 2 is 1.66 bits per heavy atom. The lowest BCUT2D eigenvalue weighted by molar-refractivity contribution is -0.139. The largest absolute Gasteiger partial charge is 0.416 e. The summed E-state index contributed by atoms with van der Waals surface area (Å²) in [5, 5.41) is 12.9. The van der Waals surface area contributed by atoms with Gasteiger partial charge in [0.25, 0.3) is 0 Å². The highest BCUT2D eigenvalue weighted by Gasteiger charge is 2.51. The van der Waals surface area contributed by atoms with E-state index in [1.165, 1.54) is 18.2 Å². The molecule has 0 aliphatic heterocycles. The van der Waals surface area contributed by atoms with E-state index in [-0.39, 0.29) is 23.4 Å². The van der Waals surface area contributed by atoms with Gasteiger partial charge < -0.3 is 10.4 Å². The smallest absolute Gasteiger partial charge is 0.387 e. The lowest BCUT2D eigenvalue weighted by Gasteiger charge is -2.22. The summed E-state index contributed by atoms with van der Waals surface area (Å²) in [5.41, 5.74) is 0.290. The van der Waals surface area contributed by atoms with Gasteiger partial charge in [-0.15, -0.1) is 0 Å². The summed E-state index contributed by atoms with van der Waals surface area (Å²) in [7, 11) is 0. The van der Waals surface area contributed by atoms with Crippen LogP contribution in [0.3, 0.4) is 0 Å². The maximum absolute atomic E-state index is 13.1. The molecule has 1 atom stereocenters. The highest BCUT2D eigenvalue weighted by atomic mass is 19.4. The number of amides is 1. The van der Waals surface area contributed by atoms with Gasteiger partial charge in [0.05, 0.1) is 17.1 Å². The van der Waals surface area contributed by atoms with Gasteiger partial charge >= 0.3 is 6.18 Å². The molecule has 1 fully saturated rings. The average Bonchev–Trinajstić information content (AvgIpc) is 3.46. The molecular weight excluding hydrogens is 379 g/mol. The third kappa shape index (κ3) is 4.47. The summed E-state index contributed by atoms with van der Waals surface area (Å²) in [6, 6.07) is 12.8. The van der Waals surface area contributed by atoms with Crippen LogP contribution in [0.1, 0.15) is 62.0 Å². The second kappa shape index (κ2) is 7.48. The molecule has 156 valence electrons. The Bertz CT molecular complexity index is 878. The summed E-state index contributed by atoms with van der Waals surface area (Å²) in [5.74, 6) is -0.260. The van der Waals surface area contributed by atoms with E-state index in [4.69, 9.17) is 0 Å². The number of carbonyl (C=O) groups excluding carboxylic acids is 1. The molecule has 6 heteroatoms. The van der Waals surface area contributed by atoms with Crippen LogP contribution in [-0.2, 0) is 21.8 Å². The maximum Gasteiger partial charge on any atom is 0.416 e. The molecule has 0 bridgehead atoms. The van der Waals surface area contributed by atoms with Gasteiger partial charge in [-0.3, -0.25) is 4.79 Å². The van der Waals surface area contributed by atoms with Gasteiger partial charge in [0.15, 0.2) is 0 Å². The number of alkyl halides is 3. The highest BCUT2D eigenvalue weighted by Crippen LogP contribution is 2.48. The van der Waals surface area contributed by atoms with Crippen LogP contribution < -0.4 is 5.32 Å². The summed E-state index contributed by atoms with van der Waals surface area (Å²) < 4.78 is 39.4. The van der Waals surface area contributed by atoms with Crippen LogP contribution in [-0.4, -0.2) is 17.6 Å². The Kier molecular flexibility index (Phi) is 5.52. The van der Waals surface area contributed by atoms with E-state index in [9.17, 15) is 23.1 Å². The zero-order valence-electron chi connectivity index (χ0n) is 16.8. The number of hydrogen-bond acceptors (Lipinski definition) is 2. The quantitative estimate of drug-likeness (QED) is 0.745. The lowest BCUT2D eigenvalue weighted by Crippen LogP contribution is -2.37. The van der Waals surface area contributed by atoms with E-state index in [1.807, 2.05) is 24.3 Å². The van der Waals surface area contributed by atoms with Crippen molar-refractivity contribution in [1.29, 1.82) is 0 Å². The van der Waals surface area contributed by atoms with E-state index in [2.05, 4.69) is 26.1 Å². The highest BCUT2D eigenvalue weighted by molar-refractivity contribution is 5.91. The van der Waals surface area contributed by atoms with Crippen molar-refractivity contribution >= 4 is 5.91 Å². The number of carbonyl (C=O) groups is 1. The number of hydrogen-bond donors (Lipinski definition) is 2. The van der Waals surface area contributed by atoms with Crippen LogP contribution in [0.15, 0.2) is 48.5 Å². The number of nitrogens with one attached hydrogen (secondary N) is 1. The van der Waals surface area contributed by atoms with Crippen LogP contribution in [0.2, 0.25) is 0 Å². The minimum atomic E-state index is -4.56. The zero-order valence-corrected chi connectivity index (χ0v) is 16.8. The minimum absolute atomic E-state index is 0.00743. The molecule has 2 aromatic carbocycles. The Balaban J connectivity index is 1.70. The molecule has 3 rings (SSSR count). The first kappa shape index (κ1) is 21.4. The van der Waals surface area contributed by atoms with Crippen molar-refractivity contribution in [3.05, 3.63) is 70.8 Å². The van der Waals surface area contributed by atoms with Gasteiger partial charge in [0.1, 0.15) is 0 Å². The monoisotopic (exact) mass is 405 g/mol. The molecule has 0 radical (unpaired) electrons. The van der Waals surface area contributed by atoms with E-state index in [1.54, 1.807) is 0 Å². The predicted octanol–water partition coefficient (Wildman–Crippen LogP) is 4.88. The molecule has 0 aromatic heterocycles. The first-order chi connectivity index (χ1) is 13.4. The minimum Gasteiger partial charge on any atom is -0.387 e. The second-order valence-electron chi connectivity index (χ2n) is 8.72. The van der Waals surface area contributed by atoms with Crippen LogP contribution in [0.25, 0.3) is 0 Å². The van der Waals surface area contributed by atoms with Crippen LogP contribution >= 0.6 is 0 Å². The van der Waals surface area contributed by atoms with Gasteiger partial charge in [0.2, 0.25) is 5.91 Å². The van der Waals surface area contributed by atoms with Gasteiger partial charge in [-0.25, -0.2) is 0 Å². The van der Waals surface area contributed by atoms with Crippen molar-refractivity contribution in [3.63, 3.8) is 0 Å². The Hall–Kier alpha value is -2.34. The van der Waals surface area contributed by atoms with Crippen LogP contribution in [0.5, 0.6) is 0 Å². The van der Waals surface area contributed by atoms with E-state index < -0.39 is 23.3 Å². The third-order valence-corrected chi connectivity index (χ3v) is 5.57. The molecule has 2 aromatic rings. The summed E-state index contributed by atoms with van der Waals surface area (Å²) >= 11 is 0. The molecule has 2 N–H and O–H groups in total. The van der Waals surface area contributed by atoms with Crippen molar-refractivity contribution in [2.24, 2.45) is 0 Å². The van der Waals surface area contributed by atoms with Gasteiger partial charge in [-0.05, 0) is 41.0 Å². The number of aliphatic hydroxyl groups is 1. The van der Waals surface area contributed by atoms with E-state index in [0.29, 0.717) is 12.8 Å². The van der Waals surface area contributed by atoms with E-state index >= 15 is 0 Å². The van der Waals surface area contributed by atoms with Crippen LogP contribution in [0.4, 0.5) is 13.2 Å². The molecule has 1 amide bonds. The predicted molar refractivity (Wildman–Crippen MR) is 105 cm³/mol. The van der Waals surface area contributed by atoms with Gasteiger partial charge in [-0.2, -0.15) is 13.2 Å². The van der Waals surface area contributed by atoms with Crippen molar-refractivity contribution in [1.82, 2.24) is 5.32 Å². The first-order valence-electron chi connectivity index (χ1n) is 9.69. The lowest BCUT2D eigenvalue weighted by atomic mass is 9.85. The number of rotatable bonds is 5. The normalized spacial score (nSPS) is 16.9. The molecule has 3 nitrogen and oxygen atoms in total. The molecule has 0 heterocycles. The zero-order chi connectivity index (χ0) is 21.4. The SMILES string of the molecule is CC(C)(C)c1ccc(C2(C(=O)NCC(O)c3ccccc3C(F)(F)F)CC2)cc1. The average molecular weight is 405 g/mol. The Morgan fingerprint density at radius 3 is 2.17 bits per heavy atom. The molecule has 29 heavy (non-hydrogen) atoms. The van der Waals surface area contributed by atoms with Crippen LogP contribution in [0, 0.1) is 0 Å². The maximum atomic E-state index is 13.1. The number of halogens is 3. The third-order valence-electron chi connectivity index (χ3n) is 5.57. The summed E-state index contributed by atoms with van der Waals surface area (Å²) in [6.07, 6.45) is -4.63. The molecule has 0 saturated heterocycles. The summed E-state index contributed by atoms with van der Waals surface area (Å²) in [6.45, 7) is 6.07. The van der Waals surface area contributed by atoms with Crippen molar-refractivity contribution in [2.45, 2.75) is 56.7 Å². The Labute approximate surface area is 168 Å². The molecule has 1 aliphatic carbocycles. The molecule has 0 spiro atoms. The Morgan fingerprint density at radius 1 is 1.07 bits per heavy atom. The standard InChI is InChI=1S/C23H26F3NO2/c1-21(2,3)15-8-10-16(11-9-15)22(12-13-22)20(29)27-14-19(28)17-6-4-5-7-18(17)23(24,25)26/h4-11,19,28H,12-14H2,1-3H3,(H,27,29). The molecule has 1 aliphatic rings. The first-order valence-corrected chi connectivity index (χ1v) is 9.69. The van der Waals surface area contributed by atoms with Crippen molar-refractivity contribution < 1.29 is 23.1 Å². The molecular formula is C23H26F3NO2.